The molecule has 0 radical (unpaired) electrons. The summed E-state index contributed by atoms with van der Waals surface area (Å²) >= 11 is 0. The van der Waals surface area contributed by atoms with Gasteiger partial charge in [0.2, 0.25) is 5.78 Å². The van der Waals surface area contributed by atoms with Crippen molar-refractivity contribution >= 4 is 17.5 Å². The number of carbonyl (C=O) groups excluding carboxylic acids is 3. The highest BCUT2D eigenvalue weighted by Gasteiger charge is 2.59. The van der Waals surface area contributed by atoms with Crippen LogP contribution in [0, 0.1) is 11.8 Å². The van der Waals surface area contributed by atoms with Crippen LogP contribution in [0.25, 0.3) is 0 Å². The van der Waals surface area contributed by atoms with Gasteiger partial charge >= 0.3 is 0 Å². The molecule has 134 valence electrons. The molecule has 3 aliphatic rings. The summed E-state index contributed by atoms with van der Waals surface area (Å²) in [5.41, 5.74) is 3.25. The SMILES string of the molecule is NC(=O)C1=C(O)C[C@@H]2CC3Cc4ccccc4C(=O)C3=C(O)[C@]2(O)C1=O. The van der Waals surface area contributed by atoms with Gasteiger partial charge in [-0.05, 0) is 24.3 Å². The van der Waals surface area contributed by atoms with E-state index < -0.39 is 46.1 Å². The summed E-state index contributed by atoms with van der Waals surface area (Å²) in [5.74, 6) is -5.21. The zero-order chi connectivity index (χ0) is 18.8. The van der Waals surface area contributed by atoms with E-state index in [1.54, 1.807) is 12.1 Å². The highest BCUT2D eigenvalue weighted by molar-refractivity contribution is 6.24. The van der Waals surface area contributed by atoms with E-state index in [4.69, 9.17) is 5.73 Å². The van der Waals surface area contributed by atoms with Crippen LogP contribution in [0.4, 0.5) is 0 Å². The number of allylic oxidation sites excluding steroid dienone is 2. The Morgan fingerprint density at radius 1 is 1.15 bits per heavy atom. The third kappa shape index (κ3) is 1.94. The summed E-state index contributed by atoms with van der Waals surface area (Å²) in [6.45, 7) is 0. The third-order valence-corrected chi connectivity index (χ3v) is 5.71. The summed E-state index contributed by atoms with van der Waals surface area (Å²) < 4.78 is 0. The summed E-state index contributed by atoms with van der Waals surface area (Å²) in [7, 11) is 0. The van der Waals surface area contributed by atoms with Gasteiger partial charge in [0.05, 0.1) is 0 Å². The zero-order valence-electron chi connectivity index (χ0n) is 13.7. The molecule has 0 saturated heterocycles. The van der Waals surface area contributed by atoms with E-state index in [-0.39, 0.29) is 24.3 Å². The van der Waals surface area contributed by atoms with Crippen LogP contribution in [0.15, 0.2) is 46.9 Å². The molecule has 1 amide bonds. The minimum absolute atomic E-state index is 0.000935. The topological polar surface area (TPSA) is 138 Å². The van der Waals surface area contributed by atoms with Crippen LogP contribution in [-0.4, -0.2) is 38.4 Å². The first-order valence-electron chi connectivity index (χ1n) is 8.32. The Labute approximate surface area is 148 Å². The minimum Gasteiger partial charge on any atom is -0.511 e. The van der Waals surface area contributed by atoms with Crippen LogP contribution in [0.2, 0.25) is 0 Å². The number of fused-ring (bicyclic) bond motifs is 3. The number of Topliss-reactive ketones (excluding diaryl/α,β-unsaturated/α-hetero) is 2. The molecule has 7 nitrogen and oxygen atoms in total. The Balaban J connectivity index is 1.90. The van der Waals surface area contributed by atoms with E-state index in [0.29, 0.717) is 12.0 Å². The highest BCUT2D eigenvalue weighted by atomic mass is 16.3. The number of carbonyl (C=O) groups is 3. The molecule has 3 aliphatic carbocycles. The second-order valence-electron chi connectivity index (χ2n) is 7.07. The van der Waals surface area contributed by atoms with E-state index in [1.807, 2.05) is 12.1 Å². The Bertz CT molecular complexity index is 943. The molecule has 0 bridgehead atoms. The largest absolute Gasteiger partial charge is 0.511 e. The predicted octanol–water partition coefficient (Wildman–Crippen LogP) is 0.875. The molecule has 7 heteroatoms. The molecule has 26 heavy (non-hydrogen) atoms. The van der Waals surface area contributed by atoms with Crippen molar-refractivity contribution < 1.29 is 29.7 Å². The number of rotatable bonds is 1. The van der Waals surface area contributed by atoms with Gasteiger partial charge in [-0.15, -0.1) is 0 Å². The number of aliphatic hydroxyl groups is 3. The van der Waals surface area contributed by atoms with E-state index >= 15 is 0 Å². The fourth-order valence-corrected chi connectivity index (χ4v) is 4.47. The van der Waals surface area contributed by atoms with Crippen LogP contribution in [0.3, 0.4) is 0 Å². The van der Waals surface area contributed by atoms with Gasteiger partial charge in [-0.3, -0.25) is 14.4 Å². The van der Waals surface area contributed by atoms with Gasteiger partial charge in [0.25, 0.3) is 5.91 Å². The summed E-state index contributed by atoms with van der Waals surface area (Å²) in [5, 5.41) is 31.8. The highest BCUT2D eigenvalue weighted by Crippen LogP contribution is 2.50. The minimum atomic E-state index is -2.43. The molecule has 4 rings (SSSR count). The quantitative estimate of drug-likeness (QED) is 0.552. The fraction of sp³-hybridized carbons (Fsp3) is 0.316. The average Bonchev–Trinajstić information content (AvgIpc) is 2.58. The molecule has 0 aliphatic heterocycles. The number of hydrogen-bond acceptors (Lipinski definition) is 6. The molecule has 0 fully saturated rings. The molecule has 0 heterocycles. The number of aliphatic hydroxyl groups excluding tert-OH is 2. The number of nitrogens with two attached hydrogens (primary N) is 1. The van der Waals surface area contributed by atoms with Crippen molar-refractivity contribution in [3.05, 3.63) is 58.1 Å². The Morgan fingerprint density at radius 2 is 1.85 bits per heavy atom. The van der Waals surface area contributed by atoms with E-state index in [1.165, 1.54) is 0 Å². The molecule has 1 aromatic carbocycles. The Hall–Kier alpha value is -2.93. The number of ketones is 2. The van der Waals surface area contributed by atoms with Crippen molar-refractivity contribution in [3.8, 4) is 0 Å². The van der Waals surface area contributed by atoms with Gasteiger partial charge in [-0.25, -0.2) is 0 Å². The smallest absolute Gasteiger partial charge is 0.255 e. The van der Waals surface area contributed by atoms with Gasteiger partial charge in [-0.2, -0.15) is 0 Å². The Morgan fingerprint density at radius 3 is 2.54 bits per heavy atom. The van der Waals surface area contributed by atoms with E-state index in [9.17, 15) is 29.7 Å². The second kappa shape index (κ2) is 5.28. The number of amides is 1. The van der Waals surface area contributed by atoms with E-state index in [0.717, 1.165) is 5.56 Å². The first kappa shape index (κ1) is 16.5. The van der Waals surface area contributed by atoms with Crippen LogP contribution in [-0.2, 0) is 16.0 Å². The lowest BCUT2D eigenvalue weighted by Gasteiger charge is -2.45. The molecule has 0 aromatic heterocycles. The Kier molecular flexibility index (Phi) is 3.36. The van der Waals surface area contributed by atoms with Gasteiger partial charge in [0.15, 0.2) is 11.4 Å². The third-order valence-electron chi connectivity index (χ3n) is 5.71. The molecule has 1 unspecified atom stereocenters. The maximum absolute atomic E-state index is 12.9. The normalized spacial score (nSPS) is 30.7. The van der Waals surface area contributed by atoms with Crippen LogP contribution < -0.4 is 5.73 Å². The lowest BCUT2D eigenvalue weighted by Crippen LogP contribution is -2.57. The maximum Gasteiger partial charge on any atom is 0.255 e. The molecule has 3 atom stereocenters. The van der Waals surface area contributed by atoms with Crippen molar-refractivity contribution in [1.29, 1.82) is 0 Å². The maximum atomic E-state index is 12.9. The number of hydrogen-bond donors (Lipinski definition) is 4. The average molecular weight is 355 g/mol. The van der Waals surface area contributed by atoms with Crippen LogP contribution >= 0.6 is 0 Å². The molecule has 5 N–H and O–H groups in total. The van der Waals surface area contributed by atoms with Gasteiger partial charge in [-0.1, -0.05) is 24.3 Å². The number of primary amides is 1. The molecular formula is C19H17NO6. The van der Waals surface area contributed by atoms with Gasteiger partial charge < -0.3 is 21.1 Å². The fourth-order valence-electron chi connectivity index (χ4n) is 4.47. The molecule has 0 spiro atoms. The standard InChI is InChI=1S/C19H17NO6/c20-18(25)14-12(21)7-10-6-9-5-8-3-1-2-4-11(8)15(22)13(9)16(23)19(10,26)17(14)24/h1-4,9-10,21,23,26H,5-7H2,(H2,20,25)/t9?,10-,19-/m0/s1. The van der Waals surface area contributed by atoms with Crippen molar-refractivity contribution in [2.75, 3.05) is 0 Å². The van der Waals surface area contributed by atoms with Crippen LogP contribution in [0.5, 0.6) is 0 Å². The summed E-state index contributed by atoms with van der Waals surface area (Å²) in [6, 6.07) is 6.98. The predicted molar refractivity (Wildman–Crippen MR) is 89.2 cm³/mol. The van der Waals surface area contributed by atoms with Crippen LogP contribution in [0.1, 0.15) is 28.8 Å². The van der Waals surface area contributed by atoms with Crippen molar-refractivity contribution in [1.82, 2.24) is 0 Å². The first-order valence-corrected chi connectivity index (χ1v) is 8.32. The van der Waals surface area contributed by atoms with Crippen molar-refractivity contribution in [2.24, 2.45) is 17.6 Å². The summed E-state index contributed by atoms with van der Waals surface area (Å²) in [4.78, 5) is 37.1. The lowest BCUT2D eigenvalue weighted by molar-refractivity contribution is -0.144. The molecular weight excluding hydrogens is 338 g/mol. The van der Waals surface area contributed by atoms with E-state index in [2.05, 4.69) is 0 Å². The lowest BCUT2D eigenvalue weighted by atomic mass is 9.60. The van der Waals surface area contributed by atoms with Crippen molar-refractivity contribution in [3.63, 3.8) is 0 Å². The monoisotopic (exact) mass is 355 g/mol. The number of benzene rings is 1. The molecule has 0 saturated carbocycles. The summed E-state index contributed by atoms with van der Waals surface area (Å²) in [6.07, 6.45) is 0.525. The van der Waals surface area contributed by atoms with Crippen molar-refractivity contribution in [2.45, 2.75) is 24.9 Å². The van der Waals surface area contributed by atoms with Gasteiger partial charge in [0.1, 0.15) is 17.1 Å². The first-order chi connectivity index (χ1) is 12.3. The molecule has 1 aromatic rings. The second-order valence-corrected chi connectivity index (χ2v) is 7.07. The van der Waals surface area contributed by atoms with Gasteiger partial charge in [0, 0.05) is 23.5 Å². The zero-order valence-corrected chi connectivity index (χ0v) is 13.7.